The van der Waals surface area contributed by atoms with E-state index in [2.05, 4.69) is 10.0 Å². The predicted octanol–water partition coefficient (Wildman–Crippen LogP) is 1.39. The van der Waals surface area contributed by atoms with Crippen LogP contribution in [-0.4, -0.2) is 29.3 Å². The van der Waals surface area contributed by atoms with Crippen molar-refractivity contribution in [2.24, 2.45) is 17.0 Å². The van der Waals surface area contributed by atoms with Crippen molar-refractivity contribution >= 4 is 5.97 Å². The van der Waals surface area contributed by atoms with Gasteiger partial charge in [-0.05, 0) is 30.2 Å². The highest BCUT2D eigenvalue weighted by atomic mass is 16.5. The zero-order valence-electron chi connectivity index (χ0n) is 9.11. The second kappa shape index (κ2) is 4.31. The van der Waals surface area contributed by atoms with Crippen molar-refractivity contribution in [3.63, 3.8) is 0 Å². The zero-order chi connectivity index (χ0) is 11.7. The third kappa shape index (κ3) is 1.86. The Kier molecular flexibility index (Phi) is 3.03. The summed E-state index contributed by atoms with van der Waals surface area (Å²) < 4.78 is 5.23. The average Bonchev–Trinajstić information content (AvgIpc) is 2.23. The van der Waals surface area contributed by atoms with Crippen LogP contribution in [0.4, 0.5) is 0 Å². The van der Waals surface area contributed by atoms with Gasteiger partial charge < -0.3 is 9.84 Å². The maximum atomic E-state index is 11.6. The molecule has 16 heavy (non-hydrogen) atoms. The first kappa shape index (κ1) is 11.2. The van der Waals surface area contributed by atoms with Gasteiger partial charge in [-0.3, -0.25) is 4.79 Å². The molecule has 2 fully saturated rings. The van der Waals surface area contributed by atoms with E-state index in [9.17, 15) is 9.90 Å². The van der Waals surface area contributed by atoms with Crippen molar-refractivity contribution < 1.29 is 14.6 Å². The molecule has 2 aliphatic rings. The molecule has 1 saturated carbocycles. The van der Waals surface area contributed by atoms with Crippen molar-refractivity contribution in [2.45, 2.75) is 44.4 Å². The van der Waals surface area contributed by atoms with Crippen LogP contribution in [0.25, 0.3) is 10.4 Å². The first-order valence-electron chi connectivity index (χ1n) is 5.56. The van der Waals surface area contributed by atoms with Crippen LogP contribution < -0.4 is 0 Å². The molecule has 0 aromatic carbocycles. The molecule has 0 spiro atoms. The second-order valence-corrected chi connectivity index (χ2v) is 4.61. The van der Waals surface area contributed by atoms with E-state index in [0.717, 1.165) is 12.8 Å². The summed E-state index contributed by atoms with van der Waals surface area (Å²) in [6.07, 6.45) is 1.46. The quantitative estimate of drug-likeness (QED) is 0.316. The third-order valence-electron chi connectivity index (χ3n) is 3.67. The van der Waals surface area contributed by atoms with Crippen molar-refractivity contribution in [1.82, 2.24) is 0 Å². The summed E-state index contributed by atoms with van der Waals surface area (Å²) in [4.78, 5) is 14.3. The Balaban J connectivity index is 2.16. The Morgan fingerprint density at radius 2 is 2.31 bits per heavy atom. The summed E-state index contributed by atoms with van der Waals surface area (Å²) in [5.41, 5.74) is 8.40. The summed E-state index contributed by atoms with van der Waals surface area (Å²) in [6.45, 7) is 1.91. The molecular formula is C10H15N3O3. The Morgan fingerprint density at radius 3 is 3.00 bits per heavy atom. The van der Waals surface area contributed by atoms with Gasteiger partial charge in [-0.25, -0.2) is 0 Å². The van der Waals surface area contributed by atoms with E-state index in [1.807, 2.05) is 6.92 Å². The molecule has 1 N–H and O–H groups in total. The van der Waals surface area contributed by atoms with E-state index in [1.165, 1.54) is 0 Å². The van der Waals surface area contributed by atoms with E-state index in [0.29, 0.717) is 6.42 Å². The number of hydrogen-bond donors (Lipinski definition) is 1. The van der Waals surface area contributed by atoms with Gasteiger partial charge in [0.05, 0.1) is 6.10 Å². The fourth-order valence-corrected chi connectivity index (χ4v) is 2.74. The monoisotopic (exact) mass is 225 g/mol. The lowest BCUT2D eigenvalue weighted by atomic mass is 9.73. The molecule has 0 radical (unpaired) electrons. The first-order chi connectivity index (χ1) is 7.63. The number of carbonyl (C=O) groups excluding carboxylic acids is 1. The first-order valence-corrected chi connectivity index (χ1v) is 5.56. The number of aliphatic hydroxyl groups excluding tert-OH is 1. The molecule has 6 nitrogen and oxygen atoms in total. The molecular weight excluding hydrogens is 210 g/mol. The molecule has 4 unspecified atom stereocenters. The fraction of sp³-hybridized carbons (Fsp3) is 0.900. The Bertz CT molecular complexity index is 340. The van der Waals surface area contributed by atoms with E-state index in [1.54, 1.807) is 0 Å². The maximum Gasteiger partial charge on any atom is 0.315 e. The lowest BCUT2D eigenvalue weighted by Gasteiger charge is -2.42. The zero-order valence-corrected chi connectivity index (χ0v) is 9.11. The molecule has 2 rings (SSSR count). The number of fused-ring (bicyclic) bond motifs is 1. The number of hydrogen-bond acceptors (Lipinski definition) is 4. The SMILES string of the molecule is CC1C(N=[N+]=[N-])C(=O)OC2CC(O)CC[C@@H]21. The van der Waals surface area contributed by atoms with Crippen LogP contribution in [0.15, 0.2) is 5.11 Å². The summed E-state index contributed by atoms with van der Waals surface area (Å²) >= 11 is 0. The van der Waals surface area contributed by atoms with Crippen LogP contribution in [0.2, 0.25) is 0 Å². The van der Waals surface area contributed by atoms with Gasteiger partial charge in [0.1, 0.15) is 12.1 Å². The number of azide groups is 1. The minimum atomic E-state index is -0.707. The van der Waals surface area contributed by atoms with Gasteiger partial charge in [-0.1, -0.05) is 12.0 Å². The largest absolute Gasteiger partial charge is 0.462 e. The number of ether oxygens (including phenoxy) is 1. The molecule has 5 atom stereocenters. The lowest BCUT2D eigenvalue weighted by Crippen LogP contribution is -2.49. The minimum absolute atomic E-state index is 0.00495. The Hall–Kier alpha value is -1.26. The van der Waals surface area contributed by atoms with Crippen LogP contribution in [-0.2, 0) is 9.53 Å². The lowest BCUT2D eigenvalue weighted by molar-refractivity contribution is -0.172. The molecule has 1 heterocycles. The predicted molar refractivity (Wildman–Crippen MR) is 55.3 cm³/mol. The highest BCUT2D eigenvalue weighted by molar-refractivity contribution is 5.77. The molecule has 1 aliphatic carbocycles. The van der Waals surface area contributed by atoms with Crippen LogP contribution >= 0.6 is 0 Å². The summed E-state index contributed by atoms with van der Waals surface area (Å²) in [5.74, 6) is -0.258. The smallest absolute Gasteiger partial charge is 0.315 e. The Labute approximate surface area is 93.2 Å². The number of carbonyl (C=O) groups is 1. The minimum Gasteiger partial charge on any atom is -0.462 e. The second-order valence-electron chi connectivity index (χ2n) is 4.61. The molecule has 0 aromatic rings. The van der Waals surface area contributed by atoms with Gasteiger partial charge in [0, 0.05) is 11.3 Å². The van der Waals surface area contributed by atoms with E-state index in [-0.39, 0.29) is 24.0 Å². The number of rotatable bonds is 1. The molecule has 1 saturated heterocycles. The van der Waals surface area contributed by atoms with E-state index in [4.69, 9.17) is 10.3 Å². The number of aliphatic hydroxyl groups is 1. The van der Waals surface area contributed by atoms with Crippen molar-refractivity contribution in [3.8, 4) is 0 Å². The average molecular weight is 225 g/mol. The fourth-order valence-electron chi connectivity index (χ4n) is 2.74. The molecule has 1 aliphatic heterocycles. The standard InChI is InChI=1S/C10H15N3O3/c1-5-7-3-2-6(14)4-8(7)16-10(15)9(5)12-13-11/h5-9,14H,2-4H2,1H3/t5?,6?,7-,8?,9?/m1/s1. The molecule has 88 valence electrons. The van der Waals surface area contributed by atoms with E-state index < -0.39 is 12.0 Å². The van der Waals surface area contributed by atoms with Crippen LogP contribution in [0.1, 0.15) is 26.2 Å². The van der Waals surface area contributed by atoms with Crippen molar-refractivity contribution in [3.05, 3.63) is 10.4 Å². The molecule has 0 aromatic heterocycles. The topological polar surface area (TPSA) is 95.3 Å². The Morgan fingerprint density at radius 1 is 1.56 bits per heavy atom. The molecule has 0 amide bonds. The van der Waals surface area contributed by atoms with Crippen LogP contribution in [0.3, 0.4) is 0 Å². The van der Waals surface area contributed by atoms with Gasteiger partial charge in [-0.2, -0.15) is 0 Å². The van der Waals surface area contributed by atoms with Gasteiger partial charge >= 0.3 is 5.97 Å². The van der Waals surface area contributed by atoms with E-state index >= 15 is 0 Å². The van der Waals surface area contributed by atoms with Crippen molar-refractivity contribution in [1.29, 1.82) is 0 Å². The van der Waals surface area contributed by atoms with Crippen molar-refractivity contribution in [2.75, 3.05) is 0 Å². The molecule has 6 heteroatoms. The van der Waals surface area contributed by atoms with Gasteiger partial charge in [-0.15, -0.1) is 0 Å². The maximum absolute atomic E-state index is 11.6. The highest BCUT2D eigenvalue weighted by Gasteiger charge is 2.45. The van der Waals surface area contributed by atoms with Gasteiger partial charge in [0.25, 0.3) is 0 Å². The normalized spacial score (nSPS) is 42.9. The highest BCUT2D eigenvalue weighted by Crippen LogP contribution is 2.39. The van der Waals surface area contributed by atoms with Gasteiger partial charge in [0.15, 0.2) is 0 Å². The molecule has 0 bridgehead atoms. The van der Waals surface area contributed by atoms with Crippen LogP contribution in [0, 0.1) is 11.8 Å². The number of nitrogens with zero attached hydrogens (tertiary/aromatic N) is 3. The van der Waals surface area contributed by atoms with Gasteiger partial charge in [0.2, 0.25) is 0 Å². The summed E-state index contributed by atoms with van der Waals surface area (Å²) in [5, 5.41) is 13.0. The van der Waals surface area contributed by atoms with Crippen LogP contribution in [0.5, 0.6) is 0 Å². The summed E-state index contributed by atoms with van der Waals surface area (Å²) in [7, 11) is 0. The number of esters is 1. The summed E-state index contributed by atoms with van der Waals surface area (Å²) in [6, 6.07) is -0.707. The third-order valence-corrected chi connectivity index (χ3v) is 3.67.